The van der Waals surface area contributed by atoms with Crippen LogP contribution in [0.5, 0.6) is 0 Å². The van der Waals surface area contributed by atoms with Crippen LogP contribution in [0.2, 0.25) is 5.02 Å². The van der Waals surface area contributed by atoms with Crippen molar-refractivity contribution >= 4 is 50.7 Å². The molecule has 0 spiro atoms. The Balaban J connectivity index is 1.78. The zero-order valence-electron chi connectivity index (χ0n) is 15.0. The van der Waals surface area contributed by atoms with Crippen molar-refractivity contribution in [1.82, 2.24) is 4.90 Å². The highest BCUT2D eigenvalue weighted by Crippen LogP contribution is 2.20. The summed E-state index contributed by atoms with van der Waals surface area (Å²) in [5, 5.41) is 5.60. The molecule has 5 nitrogen and oxygen atoms in total. The quantitative estimate of drug-likeness (QED) is 0.647. The number of amides is 2. The molecule has 0 fully saturated rings. The van der Waals surface area contributed by atoms with Crippen LogP contribution in [0.15, 0.2) is 40.9 Å². The Hall–Kier alpha value is -1.96. The van der Waals surface area contributed by atoms with Crippen molar-refractivity contribution in [3.8, 4) is 0 Å². The lowest BCUT2D eigenvalue weighted by Crippen LogP contribution is -2.32. The maximum Gasteiger partial charge on any atom is 0.238 e. The van der Waals surface area contributed by atoms with Crippen LogP contribution in [-0.4, -0.2) is 36.9 Å². The fraction of sp³-hybridized carbons (Fsp3) is 0.263. The standard InChI is InChI=1S/C19H20BrClFN3O2/c1-12-9-13(20)3-5-16(12)23-19(27)11-25(2)8-7-18(26)24-17-6-4-14(21)10-15(17)22/h3-6,9-10H,7-8,11H2,1-2H3,(H,23,27)(H,24,26). The molecule has 0 atom stereocenters. The lowest BCUT2D eigenvalue weighted by atomic mass is 10.2. The third kappa shape index (κ3) is 6.93. The van der Waals surface area contributed by atoms with Crippen molar-refractivity contribution in [3.05, 3.63) is 57.3 Å². The maximum absolute atomic E-state index is 13.7. The van der Waals surface area contributed by atoms with Gasteiger partial charge < -0.3 is 10.6 Å². The molecule has 0 aromatic heterocycles. The Morgan fingerprint density at radius 3 is 2.44 bits per heavy atom. The van der Waals surface area contributed by atoms with E-state index in [9.17, 15) is 14.0 Å². The van der Waals surface area contributed by atoms with Crippen LogP contribution in [0.1, 0.15) is 12.0 Å². The van der Waals surface area contributed by atoms with Gasteiger partial charge in [0, 0.05) is 28.1 Å². The van der Waals surface area contributed by atoms with Crippen molar-refractivity contribution < 1.29 is 14.0 Å². The SMILES string of the molecule is Cc1cc(Br)ccc1NC(=O)CN(C)CCC(=O)Nc1ccc(Cl)cc1F. The summed E-state index contributed by atoms with van der Waals surface area (Å²) in [5.41, 5.74) is 1.77. The van der Waals surface area contributed by atoms with E-state index in [-0.39, 0.29) is 35.5 Å². The van der Waals surface area contributed by atoms with Gasteiger partial charge >= 0.3 is 0 Å². The minimum absolute atomic E-state index is 0.0792. The molecular formula is C19H20BrClFN3O2. The largest absolute Gasteiger partial charge is 0.325 e. The summed E-state index contributed by atoms with van der Waals surface area (Å²) in [6.07, 6.45) is 0.128. The summed E-state index contributed by atoms with van der Waals surface area (Å²) >= 11 is 9.06. The van der Waals surface area contributed by atoms with E-state index in [4.69, 9.17) is 11.6 Å². The molecule has 2 aromatic rings. The number of carbonyl (C=O) groups excluding carboxylic acids is 2. The van der Waals surface area contributed by atoms with Crippen molar-refractivity contribution in [1.29, 1.82) is 0 Å². The van der Waals surface area contributed by atoms with Crippen molar-refractivity contribution in [2.24, 2.45) is 0 Å². The van der Waals surface area contributed by atoms with Crippen LogP contribution in [0.3, 0.4) is 0 Å². The molecule has 0 unspecified atom stereocenters. The van der Waals surface area contributed by atoms with Crippen molar-refractivity contribution in [2.75, 3.05) is 30.8 Å². The number of benzene rings is 2. The number of likely N-dealkylation sites (N-methyl/N-ethyl adjacent to an activating group) is 1. The highest BCUT2D eigenvalue weighted by atomic mass is 79.9. The molecule has 0 heterocycles. The number of nitrogens with one attached hydrogen (secondary N) is 2. The molecule has 2 N–H and O–H groups in total. The van der Waals surface area contributed by atoms with Crippen LogP contribution in [0.4, 0.5) is 15.8 Å². The second-order valence-corrected chi connectivity index (χ2v) is 7.52. The summed E-state index contributed by atoms with van der Waals surface area (Å²) in [5.74, 6) is -1.10. The second-order valence-electron chi connectivity index (χ2n) is 6.17. The second kappa shape index (κ2) is 9.82. The number of rotatable bonds is 7. The Bertz CT molecular complexity index is 848. The summed E-state index contributed by atoms with van der Waals surface area (Å²) in [7, 11) is 1.74. The molecular weight excluding hydrogens is 437 g/mol. The lowest BCUT2D eigenvalue weighted by Gasteiger charge is -2.17. The van der Waals surface area contributed by atoms with Crippen LogP contribution < -0.4 is 10.6 Å². The Morgan fingerprint density at radius 1 is 1.11 bits per heavy atom. The van der Waals surface area contributed by atoms with Gasteiger partial charge in [-0.05, 0) is 55.9 Å². The van der Waals surface area contributed by atoms with Gasteiger partial charge in [-0.25, -0.2) is 4.39 Å². The minimum atomic E-state index is -0.589. The van der Waals surface area contributed by atoms with Gasteiger partial charge in [0.25, 0.3) is 0 Å². The molecule has 0 radical (unpaired) electrons. The van der Waals surface area contributed by atoms with E-state index >= 15 is 0 Å². The van der Waals surface area contributed by atoms with Crippen LogP contribution >= 0.6 is 27.5 Å². The first-order valence-corrected chi connectivity index (χ1v) is 9.41. The van der Waals surface area contributed by atoms with E-state index in [1.54, 1.807) is 11.9 Å². The average molecular weight is 457 g/mol. The highest BCUT2D eigenvalue weighted by Gasteiger charge is 2.12. The molecule has 0 saturated carbocycles. The first kappa shape index (κ1) is 21.3. The average Bonchev–Trinajstić information content (AvgIpc) is 2.58. The van der Waals surface area contributed by atoms with Crippen LogP contribution in [0.25, 0.3) is 0 Å². The molecule has 0 saturated heterocycles. The van der Waals surface area contributed by atoms with Crippen molar-refractivity contribution in [3.63, 3.8) is 0 Å². The molecule has 0 bridgehead atoms. The molecule has 144 valence electrons. The van der Waals surface area contributed by atoms with Gasteiger partial charge in [0.2, 0.25) is 11.8 Å². The zero-order valence-corrected chi connectivity index (χ0v) is 17.3. The first-order chi connectivity index (χ1) is 12.7. The van der Waals surface area contributed by atoms with Gasteiger partial charge in [0.05, 0.1) is 12.2 Å². The predicted molar refractivity (Wildman–Crippen MR) is 110 cm³/mol. The highest BCUT2D eigenvalue weighted by molar-refractivity contribution is 9.10. The molecule has 2 rings (SSSR count). The van der Waals surface area contributed by atoms with E-state index in [0.717, 1.165) is 21.8 Å². The lowest BCUT2D eigenvalue weighted by molar-refractivity contribution is -0.119. The third-order valence-electron chi connectivity index (χ3n) is 3.80. The van der Waals surface area contributed by atoms with E-state index < -0.39 is 5.82 Å². The zero-order chi connectivity index (χ0) is 20.0. The fourth-order valence-electron chi connectivity index (χ4n) is 2.38. The normalized spacial score (nSPS) is 10.7. The van der Waals surface area contributed by atoms with Crippen LogP contribution in [-0.2, 0) is 9.59 Å². The monoisotopic (exact) mass is 455 g/mol. The number of anilines is 2. The topological polar surface area (TPSA) is 61.4 Å². The van der Waals surface area contributed by atoms with Crippen LogP contribution in [0, 0.1) is 12.7 Å². The number of nitrogens with zero attached hydrogens (tertiary/aromatic N) is 1. The van der Waals surface area contributed by atoms with E-state index in [1.807, 2.05) is 25.1 Å². The third-order valence-corrected chi connectivity index (χ3v) is 4.53. The maximum atomic E-state index is 13.7. The smallest absolute Gasteiger partial charge is 0.238 e. The molecule has 27 heavy (non-hydrogen) atoms. The molecule has 0 aliphatic heterocycles. The van der Waals surface area contributed by atoms with E-state index in [0.29, 0.717) is 6.54 Å². The molecule has 2 amide bonds. The number of carbonyl (C=O) groups is 2. The van der Waals surface area contributed by atoms with Gasteiger partial charge in [-0.3, -0.25) is 14.5 Å². The number of hydrogen-bond donors (Lipinski definition) is 2. The molecule has 0 aliphatic rings. The van der Waals surface area contributed by atoms with E-state index in [2.05, 4.69) is 26.6 Å². The Morgan fingerprint density at radius 2 is 1.78 bits per heavy atom. The minimum Gasteiger partial charge on any atom is -0.325 e. The molecule has 0 aliphatic carbocycles. The first-order valence-electron chi connectivity index (χ1n) is 8.24. The van der Waals surface area contributed by atoms with Gasteiger partial charge in [0.15, 0.2) is 0 Å². The fourth-order valence-corrected chi connectivity index (χ4v) is 3.01. The summed E-state index contributed by atoms with van der Waals surface area (Å²) in [6, 6.07) is 9.64. The van der Waals surface area contributed by atoms with Gasteiger partial charge in [-0.2, -0.15) is 0 Å². The molecule has 8 heteroatoms. The number of hydrogen-bond acceptors (Lipinski definition) is 3. The Kier molecular flexibility index (Phi) is 7.77. The number of halogens is 3. The van der Waals surface area contributed by atoms with Gasteiger partial charge in [-0.1, -0.05) is 27.5 Å². The van der Waals surface area contributed by atoms with E-state index in [1.165, 1.54) is 12.1 Å². The van der Waals surface area contributed by atoms with Crippen molar-refractivity contribution in [2.45, 2.75) is 13.3 Å². The summed E-state index contributed by atoms with van der Waals surface area (Å²) in [4.78, 5) is 25.8. The summed E-state index contributed by atoms with van der Waals surface area (Å²) in [6.45, 7) is 2.40. The number of aryl methyl sites for hydroxylation is 1. The Labute approximate surface area is 171 Å². The predicted octanol–water partition coefficient (Wildman–Crippen LogP) is 4.45. The summed E-state index contributed by atoms with van der Waals surface area (Å²) < 4.78 is 14.6. The van der Waals surface area contributed by atoms with Gasteiger partial charge in [-0.15, -0.1) is 0 Å². The van der Waals surface area contributed by atoms with Gasteiger partial charge in [0.1, 0.15) is 5.82 Å². The molecule has 2 aromatic carbocycles.